The van der Waals surface area contributed by atoms with Crippen molar-refractivity contribution in [2.45, 2.75) is 11.3 Å². The van der Waals surface area contributed by atoms with Crippen LogP contribution in [0, 0.1) is 5.82 Å². The lowest BCUT2D eigenvalue weighted by Gasteiger charge is -2.09. The number of carboxylic acid groups (broad SMARTS) is 1. The Morgan fingerprint density at radius 3 is 2.68 bits per heavy atom. The van der Waals surface area contributed by atoms with Gasteiger partial charge in [0.05, 0.1) is 5.56 Å². The van der Waals surface area contributed by atoms with E-state index in [1.165, 1.54) is 6.08 Å². The average molecular weight is 352 g/mol. The minimum atomic E-state index is -4.11. The molecule has 0 saturated carbocycles. The van der Waals surface area contributed by atoms with Crippen molar-refractivity contribution in [2.24, 2.45) is 0 Å². The van der Waals surface area contributed by atoms with Crippen LogP contribution in [0.4, 0.5) is 4.39 Å². The zero-order valence-electron chi connectivity index (χ0n) is 9.69. The second-order valence-corrected chi connectivity index (χ2v) is 6.20. The Morgan fingerprint density at radius 1 is 1.53 bits per heavy atom. The van der Waals surface area contributed by atoms with Crippen LogP contribution in [-0.2, 0) is 10.0 Å². The molecule has 0 aliphatic carbocycles. The fourth-order valence-corrected chi connectivity index (χ4v) is 3.07. The maximum absolute atomic E-state index is 13.9. The highest BCUT2D eigenvalue weighted by molar-refractivity contribution is 9.10. The van der Waals surface area contributed by atoms with Gasteiger partial charge in [-0.25, -0.2) is 22.3 Å². The van der Waals surface area contributed by atoms with E-state index in [4.69, 9.17) is 5.11 Å². The van der Waals surface area contributed by atoms with Crippen LogP contribution >= 0.6 is 15.9 Å². The van der Waals surface area contributed by atoms with Gasteiger partial charge in [0.2, 0.25) is 10.0 Å². The molecule has 1 rings (SSSR count). The molecule has 0 aliphatic heterocycles. The Morgan fingerprint density at radius 2 is 2.16 bits per heavy atom. The van der Waals surface area contributed by atoms with E-state index >= 15 is 0 Å². The SMILES string of the molecule is C=CCCNS(=O)(=O)c1cc(Br)cc(C(=O)O)c1F. The van der Waals surface area contributed by atoms with Gasteiger partial charge in [0, 0.05) is 11.0 Å². The number of aromatic carboxylic acids is 1. The predicted molar refractivity (Wildman–Crippen MR) is 71.1 cm³/mol. The lowest BCUT2D eigenvalue weighted by Crippen LogP contribution is -2.26. The van der Waals surface area contributed by atoms with E-state index in [-0.39, 0.29) is 11.0 Å². The van der Waals surface area contributed by atoms with Gasteiger partial charge < -0.3 is 5.11 Å². The molecule has 1 aromatic carbocycles. The standard InChI is InChI=1S/C11H11BrFNO4S/c1-2-3-4-14-19(17,18)9-6-7(12)5-8(10(9)13)11(15)16/h2,5-6,14H,1,3-4H2,(H,15,16). The van der Waals surface area contributed by atoms with Crippen LogP contribution in [0.5, 0.6) is 0 Å². The van der Waals surface area contributed by atoms with Gasteiger partial charge in [-0.1, -0.05) is 22.0 Å². The average Bonchev–Trinajstić information content (AvgIpc) is 2.31. The summed E-state index contributed by atoms with van der Waals surface area (Å²) in [6.07, 6.45) is 1.88. The number of rotatable bonds is 6. The number of hydrogen-bond donors (Lipinski definition) is 2. The van der Waals surface area contributed by atoms with Crippen molar-refractivity contribution in [1.82, 2.24) is 4.72 Å². The van der Waals surface area contributed by atoms with Gasteiger partial charge in [-0.2, -0.15) is 0 Å². The number of sulfonamides is 1. The third-order valence-corrected chi connectivity index (χ3v) is 4.08. The Kier molecular flexibility index (Phi) is 5.21. The molecule has 0 radical (unpaired) electrons. The topological polar surface area (TPSA) is 83.5 Å². The third kappa shape index (κ3) is 3.85. The number of halogens is 2. The van der Waals surface area contributed by atoms with Crippen LogP contribution in [0.1, 0.15) is 16.8 Å². The summed E-state index contributed by atoms with van der Waals surface area (Å²) in [7, 11) is -4.11. The number of hydrogen-bond acceptors (Lipinski definition) is 3. The summed E-state index contributed by atoms with van der Waals surface area (Å²) in [5, 5.41) is 8.81. The molecule has 104 valence electrons. The molecule has 0 spiro atoms. The molecule has 0 unspecified atom stereocenters. The summed E-state index contributed by atoms with van der Waals surface area (Å²) >= 11 is 2.95. The summed E-state index contributed by atoms with van der Waals surface area (Å²) in [6, 6.07) is 2.01. The van der Waals surface area contributed by atoms with Crippen molar-refractivity contribution in [3.63, 3.8) is 0 Å². The lowest BCUT2D eigenvalue weighted by molar-refractivity contribution is 0.0691. The molecule has 8 heteroatoms. The minimum Gasteiger partial charge on any atom is -0.478 e. The second kappa shape index (κ2) is 6.27. The van der Waals surface area contributed by atoms with Gasteiger partial charge in [0.1, 0.15) is 4.90 Å². The fourth-order valence-electron chi connectivity index (χ4n) is 1.29. The van der Waals surface area contributed by atoms with Crippen molar-refractivity contribution in [3.05, 3.63) is 40.6 Å². The van der Waals surface area contributed by atoms with Crippen LogP contribution in [0.2, 0.25) is 0 Å². The first kappa shape index (κ1) is 15.8. The number of carboxylic acids is 1. The summed E-state index contributed by atoms with van der Waals surface area (Å²) in [4.78, 5) is 10.1. The first-order valence-electron chi connectivity index (χ1n) is 5.12. The Balaban J connectivity index is 3.26. The first-order valence-corrected chi connectivity index (χ1v) is 7.40. The molecule has 0 aliphatic rings. The van der Waals surface area contributed by atoms with Gasteiger partial charge in [-0.15, -0.1) is 6.58 Å². The zero-order chi connectivity index (χ0) is 14.6. The highest BCUT2D eigenvalue weighted by Crippen LogP contribution is 2.24. The summed E-state index contributed by atoms with van der Waals surface area (Å²) < 4.78 is 39.9. The number of nitrogens with one attached hydrogen (secondary N) is 1. The molecule has 0 aromatic heterocycles. The predicted octanol–water partition coefficient (Wildman–Crippen LogP) is 2.14. The molecule has 5 nitrogen and oxygen atoms in total. The van der Waals surface area contributed by atoms with E-state index in [1.807, 2.05) is 0 Å². The van der Waals surface area contributed by atoms with Gasteiger partial charge in [-0.05, 0) is 18.6 Å². The van der Waals surface area contributed by atoms with E-state index in [9.17, 15) is 17.6 Å². The fraction of sp³-hybridized carbons (Fsp3) is 0.182. The molecular weight excluding hydrogens is 341 g/mol. The zero-order valence-corrected chi connectivity index (χ0v) is 12.1. The number of benzene rings is 1. The largest absolute Gasteiger partial charge is 0.478 e. The lowest BCUT2D eigenvalue weighted by atomic mass is 10.2. The van der Waals surface area contributed by atoms with Gasteiger partial charge >= 0.3 is 5.97 Å². The highest BCUT2D eigenvalue weighted by atomic mass is 79.9. The van der Waals surface area contributed by atoms with Gasteiger partial charge in [0.15, 0.2) is 5.82 Å². The molecule has 0 heterocycles. The summed E-state index contributed by atoms with van der Waals surface area (Å²) in [5.41, 5.74) is -0.710. The Labute approximate surface area is 118 Å². The van der Waals surface area contributed by atoms with Crippen LogP contribution in [0.25, 0.3) is 0 Å². The van der Waals surface area contributed by atoms with E-state index in [2.05, 4.69) is 27.2 Å². The van der Waals surface area contributed by atoms with Gasteiger partial charge in [0.25, 0.3) is 0 Å². The highest BCUT2D eigenvalue weighted by Gasteiger charge is 2.24. The quantitative estimate of drug-likeness (QED) is 0.607. The third-order valence-electron chi connectivity index (χ3n) is 2.16. The maximum atomic E-state index is 13.9. The molecule has 0 atom stereocenters. The summed E-state index contributed by atoms with van der Waals surface area (Å²) in [6.45, 7) is 3.48. The molecule has 0 saturated heterocycles. The van der Waals surface area contributed by atoms with Crippen LogP contribution in [-0.4, -0.2) is 26.0 Å². The Bertz CT molecular complexity index is 615. The molecule has 2 N–H and O–H groups in total. The van der Waals surface area contributed by atoms with E-state index in [1.54, 1.807) is 0 Å². The normalized spacial score (nSPS) is 11.3. The van der Waals surface area contributed by atoms with Crippen LogP contribution in [0.15, 0.2) is 34.2 Å². The van der Waals surface area contributed by atoms with Crippen molar-refractivity contribution in [2.75, 3.05) is 6.54 Å². The van der Waals surface area contributed by atoms with Crippen LogP contribution in [0.3, 0.4) is 0 Å². The monoisotopic (exact) mass is 351 g/mol. The molecule has 0 fully saturated rings. The van der Waals surface area contributed by atoms with E-state index in [0.29, 0.717) is 6.42 Å². The van der Waals surface area contributed by atoms with Crippen molar-refractivity contribution < 1.29 is 22.7 Å². The molecular formula is C11H11BrFNO4S. The molecule has 0 bridgehead atoms. The van der Waals surface area contributed by atoms with Gasteiger partial charge in [-0.3, -0.25) is 0 Å². The van der Waals surface area contributed by atoms with Crippen LogP contribution < -0.4 is 4.72 Å². The second-order valence-electron chi connectivity index (χ2n) is 3.55. The number of carbonyl (C=O) groups is 1. The molecule has 19 heavy (non-hydrogen) atoms. The Hall–Kier alpha value is -1.25. The smallest absolute Gasteiger partial charge is 0.338 e. The van der Waals surface area contributed by atoms with E-state index < -0.39 is 32.3 Å². The minimum absolute atomic E-state index is 0.0557. The summed E-state index contributed by atoms with van der Waals surface area (Å²) in [5.74, 6) is -2.83. The molecule has 0 amide bonds. The molecule has 1 aromatic rings. The van der Waals surface area contributed by atoms with Crippen molar-refractivity contribution in [3.8, 4) is 0 Å². The van der Waals surface area contributed by atoms with E-state index in [0.717, 1.165) is 12.1 Å². The first-order chi connectivity index (χ1) is 8.79. The van der Waals surface area contributed by atoms with Crippen molar-refractivity contribution in [1.29, 1.82) is 0 Å². The maximum Gasteiger partial charge on any atom is 0.338 e. The van der Waals surface area contributed by atoms with Crippen molar-refractivity contribution >= 4 is 31.9 Å².